The lowest BCUT2D eigenvalue weighted by atomic mass is 10.1. The van der Waals surface area contributed by atoms with Crippen LogP contribution in [-0.2, 0) is 11.2 Å². The summed E-state index contributed by atoms with van der Waals surface area (Å²) in [7, 11) is 0. The van der Waals surface area contributed by atoms with Crippen LogP contribution in [0.4, 0.5) is 18.9 Å². The number of hydrogen-bond acceptors (Lipinski definition) is 2. The quantitative estimate of drug-likeness (QED) is 0.635. The molecule has 3 nitrogen and oxygen atoms in total. The molecule has 1 rings (SSSR count). The molecule has 0 aliphatic heterocycles. The number of carboxylic acid groups (broad SMARTS) is 1. The Kier molecular flexibility index (Phi) is 3.77. The highest BCUT2D eigenvalue weighted by molar-refractivity contribution is 5.86. The summed E-state index contributed by atoms with van der Waals surface area (Å²) in [6, 6.07) is 3.81. The summed E-state index contributed by atoms with van der Waals surface area (Å²) in [5.74, 6) is -1.19. The van der Waals surface area contributed by atoms with Crippen LogP contribution in [0.15, 0.2) is 24.3 Å². The SMILES string of the molecule is Nc1ccc(CC(F)(F)F)cc1C=CC(=O)O. The van der Waals surface area contributed by atoms with Gasteiger partial charge in [0.1, 0.15) is 0 Å². The fourth-order valence-electron chi connectivity index (χ4n) is 1.27. The van der Waals surface area contributed by atoms with Gasteiger partial charge in [-0.3, -0.25) is 0 Å². The highest BCUT2D eigenvalue weighted by Crippen LogP contribution is 2.24. The normalized spacial score (nSPS) is 11.9. The largest absolute Gasteiger partial charge is 0.478 e. The van der Waals surface area contributed by atoms with Gasteiger partial charge in [-0.15, -0.1) is 0 Å². The summed E-state index contributed by atoms with van der Waals surface area (Å²) in [5.41, 5.74) is 6.04. The van der Waals surface area contributed by atoms with Gasteiger partial charge in [0.15, 0.2) is 0 Å². The van der Waals surface area contributed by atoms with E-state index in [2.05, 4.69) is 0 Å². The van der Waals surface area contributed by atoms with Crippen LogP contribution in [0.3, 0.4) is 0 Å². The predicted octanol–water partition coefficient (Wildman–Crippen LogP) is 2.47. The van der Waals surface area contributed by atoms with E-state index in [4.69, 9.17) is 10.8 Å². The van der Waals surface area contributed by atoms with Crippen LogP contribution in [-0.4, -0.2) is 17.3 Å². The van der Waals surface area contributed by atoms with E-state index in [1.165, 1.54) is 18.2 Å². The third-order valence-electron chi connectivity index (χ3n) is 1.96. The van der Waals surface area contributed by atoms with E-state index in [0.717, 1.165) is 12.2 Å². The number of carbonyl (C=O) groups is 1. The van der Waals surface area contributed by atoms with Gasteiger partial charge in [-0.05, 0) is 29.3 Å². The van der Waals surface area contributed by atoms with E-state index in [-0.39, 0.29) is 16.8 Å². The average molecular weight is 245 g/mol. The predicted molar refractivity (Wildman–Crippen MR) is 57.3 cm³/mol. The smallest absolute Gasteiger partial charge is 0.393 e. The van der Waals surface area contributed by atoms with Crippen LogP contribution in [0, 0.1) is 0 Å². The zero-order valence-electron chi connectivity index (χ0n) is 8.66. The van der Waals surface area contributed by atoms with Gasteiger partial charge in [0.05, 0.1) is 6.42 Å². The maximum Gasteiger partial charge on any atom is 0.393 e. The molecule has 0 aliphatic carbocycles. The first-order valence-electron chi connectivity index (χ1n) is 4.64. The molecule has 17 heavy (non-hydrogen) atoms. The number of alkyl halides is 3. The molecule has 0 amide bonds. The monoisotopic (exact) mass is 245 g/mol. The Balaban J connectivity index is 2.98. The lowest BCUT2D eigenvalue weighted by Crippen LogP contribution is -2.11. The first kappa shape index (κ1) is 13.1. The molecule has 6 heteroatoms. The minimum absolute atomic E-state index is 0.0386. The van der Waals surface area contributed by atoms with Crippen LogP contribution in [0.25, 0.3) is 6.08 Å². The Morgan fingerprint density at radius 1 is 1.41 bits per heavy atom. The Morgan fingerprint density at radius 3 is 2.59 bits per heavy atom. The standard InChI is InChI=1S/C11H10F3NO2/c12-11(13,14)6-7-1-3-9(15)8(5-7)2-4-10(16)17/h1-5H,6,15H2,(H,16,17). The van der Waals surface area contributed by atoms with Gasteiger partial charge in [0.25, 0.3) is 0 Å². The van der Waals surface area contributed by atoms with Crippen molar-refractivity contribution in [3.63, 3.8) is 0 Å². The highest BCUT2D eigenvalue weighted by atomic mass is 19.4. The maximum atomic E-state index is 12.1. The van der Waals surface area contributed by atoms with Gasteiger partial charge in [-0.25, -0.2) is 4.79 Å². The number of carboxylic acids is 1. The van der Waals surface area contributed by atoms with E-state index in [9.17, 15) is 18.0 Å². The molecule has 0 unspecified atom stereocenters. The first-order chi connectivity index (χ1) is 7.78. The van der Waals surface area contributed by atoms with Crippen LogP contribution in [0.5, 0.6) is 0 Å². The fourth-order valence-corrected chi connectivity index (χ4v) is 1.27. The van der Waals surface area contributed by atoms with Crippen LogP contribution in [0.1, 0.15) is 11.1 Å². The van der Waals surface area contributed by atoms with Gasteiger partial charge in [0.2, 0.25) is 0 Å². The first-order valence-corrected chi connectivity index (χ1v) is 4.64. The van der Waals surface area contributed by atoms with Crippen molar-refractivity contribution in [3.05, 3.63) is 35.4 Å². The minimum Gasteiger partial charge on any atom is -0.478 e. The molecule has 0 radical (unpaired) electrons. The molecule has 0 bridgehead atoms. The molecule has 1 aromatic carbocycles. The molecule has 1 aromatic rings. The second-order valence-electron chi connectivity index (χ2n) is 3.43. The van der Waals surface area contributed by atoms with Crippen LogP contribution < -0.4 is 5.73 Å². The molecule has 0 saturated carbocycles. The van der Waals surface area contributed by atoms with Crippen molar-refractivity contribution >= 4 is 17.7 Å². The van der Waals surface area contributed by atoms with Crippen LogP contribution >= 0.6 is 0 Å². The number of benzene rings is 1. The summed E-state index contributed by atoms with van der Waals surface area (Å²) in [5, 5.41) is 8.41. The van der Waals surface area contributed by atoms with Crippen molar-refractivity contribution in [2.24, 2.45) is 0 Å². The van der Waals surface area contributed by atoms with Crippen molar-refractivity contribution in [2.45, 2.75) is 12.6 Å². The van der Waals surface area contributed by atoms with Gasteiger partial charge >= 0.3 is 12.1 Å². The summed E-state index contributed by atoms with van der Waals surface area (Å²) in [6.07, 6.45) is -3.38. The van der Waals surface area contributed by atoms with Gasteiger partial charge in [0, 0.05) is 11.8 Å². The van der Waals surface area contributed by atoms with E-state index in [1.54, 1.807) is 0 Å². The molecule has 0 aliphatic rings. The number of nitrogen functional groups attached to an aromatic ring is 1. The van der Waals surface area contributed by atoms with Gasteiger partial charge in [-0.2, -0.15) is 13.2 Å². The fraction of sp³-hybridized carbons (Fsp3) is 0.182. The summed E-state index contributed by atoms with van der Waals surface area (Å²) < 4.78 is 36.4. The number of rotatable bonds is 3. The van der Waals surface area contributed by atoms with Crippen molar-refractivity contribution in [1.29, 1.82) is 0 Å². The highest BCUT2D eigenvalue weighted by Gasteiger charge is 2.27. The number of nitrogens with two attached hydrogens (primary N) is 1. The van der Waals surface area contributed by atoms with Crippen molar-refractivity contribution in [3.8, 4) is 0 Å². The van der Waals surface area contributed by atoms with Crippen molar-refractivity contribution < 1.29 is 23.1 Å². The number of hydrogen-bond donors (Lipinski definition) is 2. The molecule has 0 saturated heterocycles. The van der Waals surface area contributed by atoms with Crippen molar-refractivity contribution in [2.75, 3.05) is 5.73 Å². The van der Waals surface area contributed by atoms with E-state index >= 15 is 0 Å². The summed E-state index contributed by atoms with van der Waals surface area (Å²) in [6.45, 7) is 0. The minimum atomic E-state index is -4.30. The summed E-state index contributed by atoms with van der Waals surface area (Å²) >= 11 is 0. The second kappa shape index (κ2) is 4.90. The second-order valence-corrected chi connectivity index (χ2v) is 3.43. The van der Waals surface area contributed by atoms with Crippen molar-refractivity contribution in [1.82, 2.24) is 0 Å². The third-order valence-corrected chi connectivity index (χ3v) is 1.96. The zero-order valence-corrected chi connectivity index (χ0v) is 8.66. The van der Waals surface area contributed by atoms with Gasteiger partial charge in [-0.1, -0.05) is 6.07 Å². The van der Waals surface area contributed by atoms with Crippen LogP contribution in [0.2, 0.25) is 0 Å². The van der Waals surface area contributed by atoms with E-state index < -0.39 is 18.6 Å². The molecule has 0 spiro atoms. The number of anilines is 1. The molecule has 0 atom stereocenters. The lowest BCUT2D eigenvalue weighted by molar-refractivity contribution is -0.131. The molecule has 0 fully saturated rings. The molecular weight excluding hydrogens is 235 g/mol. The molecule has 3 N–H and O–H groups in total. The van der Waals surface area contributed by atoms with E-state index in [1.807, 2.05) is 0 Å². The molecule has 0 aromatic heterocycles. The maximum absolute atomic E-state index is 12.1. The topological polar surface area (TPSA) is 63.3 Å². The van der Waals surface area contributed by atoms with Gasteiger partial charge < -0.3 is 10.8 Å². The number of halogens is 3. The Morgan fingerprint density at radius 2 is 2.06 bits per heavy atom. The average Bonchev–Trinajstić information content (AvgIpc) is 2.16. The molecule has 0 heterocycles. The van der Waals surface area contributed by atoms with E-state index in [0.29, 0.717) is 0 Å². The molecular formula is C11H10F3NO2. The summed E-state index contributed by atoms with van der Waals surface area (Å²) in [4.78, 5) is 10.3. The zero-order chi connectivity index (χ0) is 13.1. The Labute approximate surface area is 95.4 Å². The third kappa shape index (κ3) is 4.58. The number of aliphatic carboxylic acids is 1. The lowest BCUT2D eigenvalue weighted by Gasteiger charge is -2.08. The Bertz CT molecular complexity index is 453. The molecule has 92 valence electrons. The Hall–Kier alpha value is -1.98.